The Balaban J connectivity index is 2.02. The van der Waals surface area contributed by atoms with Gasteiger partial charge in [-0.2, -0.15) is 17.5 Å². The lowest BCUT2D eigenvalue weighted by Crippen LogP contribution is -2.07. The lowest BCUT2D eigenvalue weighted by molar-refractivity contribution is -0.385. The van der Waals surface area contributed by atoms with Crippen LogP contribution in [0, 0.1) is 10.1 Å². The molecule has 0 aliphatic carbocycles. The van der Waals surface area contributed by atoms with Crippen molar-refractivity contribution in [1.82, 2.24) is 0 Å². The number of nitro groups is 1. The van der Waals surface area contributed by atoms with Crippen LogP contribution in [-0.2, 0) is 15.9 Å². The molecule has 1 atom stereocenters. The van der Waals surface area contributed by atoms with Crippen molar-refractivity contribution in [2.24, 2.45) is 4.36 Å². The third-order valence-electron chi connectivity index (χ3n) is 4.38. The molecule has 0 spiro atoms. The second-order valence-corrected chi connectivity index (χ2v) is 9.85. The maximum Gasteiger partial charge on any atom is 0.416 e. The number of amides is 1. The van der Waals surface area contributed by atoms with E-state index < -0.39 is 43.6 Å². The van der Waals surface area contributed by atoms with Crippen LogP contribution < -0.4 is 4.74 Å². The molecule has 0 N–H and O–H groups in total. The molecule has 0 aliphatic heterocycles. The maximum atomic E-state index is 13.0. The number of benzene rings is 3. The van der Waals surface area contributed by atoms with E-state index in [0.29, 0.717) is 6.07 Å². The smallest absolute Gasteiger partial charge is 0.416 e. The van der Waals surface area contributed by atoms with E-state index in [1.54, 1.807) is 6.07 Å². The van der Waals surface area contributed by atoms with Gasteiger partial charge in [0.1, 0.15) is 17.1 Å². The highest BCUT2D eigenvalue weighted by molar-refractivity contribution is 7.93. The summed E-state index contributed by atoms with van der Waals surface area (Å²) in [5.74, 6) is -1.51. The van der Waals surface area contributed by atoms with Crippen molar-refractivity contribution < 1.29 is 31.8 Å². The third-order valence-corrected chi connectivity index (χ3v) is 6.81. The number of hydrogen-bond donors (Lipinski definition) is 0. The molecule has 1 amide bonds. The van der Waals surface area contributed by atoms with E-state index >= 15 is 0 Å². The lowest BCUT2D eigenvalue weighted by atomic mass is 10.1. The van der Waals surface area contributed by atoms with E-state index in [1.807, 2.05) is 0 Å². The standard InChI is InChI=1S/C21H13Cl2F3N2O5S/c1-34(32,19-5-3-2-4-15(19)22)27-20(29)14-11-13(7-8-17(14)28(30)31)33-18-9-6-12(10-16(18)23)21(24,25)26/h2-11H,1H3. The Morgan fingerprint density at radius 3 is 2.32 bits per heavy atom. The van der Waals surface area contributed by atoms with Gasteiger partial charge in [0, 0.05) is 18.4 Å². The van der Waals surface area contributed by atoms with Crippen LogP contribution in [0.15, 0.2) is 69.9 Å². The molecule has 3 rings (SSSR count). The predicted octanol–water partition coefficient (Wildman–Crippen LogP) is 7.01. The molecule has 3 aromatic carbocycles. The maximum absolute atomic E-state index is 13.0. The first-order valence-electron chi connectivity index (χ1n) is 9.13. The first-order valence-corrected chi connectivity index (χ1v) is 11.8. The highest BCUT2D eigenvalue weighted by atomic mass is 35.5. The van der Waals surface area contributed by atoms with Crippen molar-refractivity contribution in [3.05, 3.63) is 92.0 Å². The van der Waals surface area contributed by atoms with Crippen LogP contribution in [-0.4, -0.2) is 21.3 Å². The number of halogens is 5. The zero-order valence-electron chi connectivity index (χ0n) is 17.0. The Hall–Kier alpha value is -3.15. The molecule has 0 heterocycles. The fraction of sp³-hybridized carbons (Fsp3) is 0.0952. The largest absolute Gasteiger partial charge is 0.456 e. The minimum atomic E-state index is -4.62. The average molecular weight is 533 g/mol. The van der Waals surface area contributed by atoms with Gasteiger partial charge in [0.05, 0.1) is 35.2 Å². The zero-order chi connectivity index (χ0) is 25.3. The first-order chi connectivity index (χ1) is 15.8. The number of rotatable bonds is 5. The third kappa shape index (κ3) is 5.66. The minimum Gasteiger partial charge on any atom is -0.456 e. The molecule has 1 unspecified atom stereocenters. The normalized spacial score (nSPS) is 13.1. The molecule has 7 nitrogen and oxygen atoms in total. The molecule has 0 radical (unpaired) electrons. The van der Waals surface area contributed by atoms with Crippen molar-refractivity contribution in [3.8, 4) is 11.5 Å². The molecular weight excluding hydrogens is 520 g/mol. The van der Waals surface area contributed by atoms with Crippen LogP contribution in [0.2, 0.25) is 10.0 Å². The van der Waals surface area contributed by atoms with Crippen molar-refractivity contribution in [2.75, 3.05) is 6.26 Å². The van der Waals surface area contributed by atoms with Crippen LogP contribution in [0.1, 0.15) is 15.9 Å². The molecule has 0 aromatic heterocycles. The number of carbonyl (C=O) groups excluding carboxylic acids is 1. The van der Waals surface area contributed by atoms with Gasteiger partial charge in [-0.3, -0.25) is 14.9 Å². The van der Waals surface area contributed by atoms with Crippen LogP contribution >= 0.6 is 23.2 Å². The first kappa shape index (κ1) is 25.5. The van der Waals surface area contributed by atoms with Gasteiger partial charge in [-0.15, -0.1) is 0 Å². The quantitative estimate of drug-likeness (QED) is 0.260. The van der Waals surface area contributed by atoms with E-state index in [1.165, 1.54) is 18.2 Å². The zero-order valence-corrected chi connectivity index (χ0v) is 19.3. The monoisotopic (exact) mass is 532 g/mol. The molecule has 0 saturated heterocycles. The van der Waals surface area contributed by atoms with E-state index in [0.717, 1.165) is 36.6 Å². The molecule has 0 fully saturated rings. The Bertz CT molecular complexity index is 1420. The van der Waals surface area contributed by atoms with E-state index in [2.05, 4.69) is 4.36 Å². The predicted molar refractivity (Wildman–Crippen MR) is 120 cm³/mol. The number of alkyl halides is 3. The molecule has 0 saturated carbocycles. The van der Waals surface area contributed by atoms with Gasteiger partial charge in [0.15, 0.2) is 0 Å². The minimum absolute atomic E-state index is 0.0663. The van der Waals surface area contributed by atoms with E-state index in [-0.39, 0.29) is 26.4 Å². The number of hydrogen-bond acceptors (Lipinski definition) is 5. The topological polar surface area (TPSA) is 98.9 Å². The van der Waals surface area contributed by atoms with Crippen molar-refractivity contribution in [1.29, 1.82) is 0 Å². The van der Waals surface area contributed by atoms with Gasteiger partial charge in [-0.1, -0.05) is 35.3 Å². The van der Waals surface area contributed by atoms with Crippen molar-refractivity contribution in [3.63, 3.8) is 0 Å². The summed E-state index contributed by atoms with van der Waals surface area (Å²) in [5, 5.41) is 11.1. The van der Waals surface area contributed by atoms with Crippen LogP contribution in [0.4, 0.5) is 18.9 Å². The van der Waals surface area contributed by atoms with E-state index in [4.69, 9.17) is 27.9 Å². The summed E-state index contributed by atoms with van der Waals surface area (Å²) in [6.45, 7) is 0. The second kappa shape index (κ2) is 9.61. The molecule has 13 heteroatoms. The number of nitro benzene ring substituents is 1. The van der Waals surface area contributed by atoms with Gasteiger partial charge < -0.3 is 4.74 Å². The fourth-order valence-electron chi connectivity index (χ4n) is 2.80. The summed E-state index contributed by atoms with van der Waals surface area (Å²) >= 11 is 11.9. The highest BCUT2D eigenvalue weighted by Gasteiger charge is 2.31. The van der Waals surface area contributed by atoms with E-state index in [9.17, 15) is 32.3 Å². The van der Waals surface area contributed by atoms with Gasteiger partial charge in [0.2, 0.25) is 0 Å². The van der Waals surface area contributed by atoms with Crippen LogP contribution in [0.5, 0.6) is 11.5 Å². The number of nitrogens with zero attached hydrogens (tertiary/aromatic N) is 2. The van der Waals surface area contributed by atoms with Gasteiger partial charge in [-0.05, 0) is 36.4 Å². The fourth-order valence-corrected chi connectivity index (χ4v) is 4.86. The van der Waals surface area contributed by atoms with Gasteiger partial charge >= 0.3 is 6.18 Å². The van der Waals surface area contributed by atoms with Gasteiger partial charge in [0.25, 0.3) is 11.6 Å². The lowest BCUT2D eigenvalue weighted by Gasteiger charge is -2.12. The molecule has 3 aromatic rings. The average Bonchev–Trinajstić information content (AvgIpc) is 2.74. The van der Waals surface area contributed by atoms with Gasteiger partial charge in [-0.25, -0.2) is 4.21 Å². The molecule has 0 bridgehead atoms. The molecular formula is C21H13Cl2F3N2O5S. The van der Waals surface area contributed by atoms with Crippen molar-refractivity contribution >= 4 is 44.5 Å². The summed E-state index contributed by atoms with van der Waals surface area (Å²) in [7, 11) is -3.38. The summed E-state index contributed by atoms with van der Waals surface area (Å²) in [6.07, 6.45) is -3.47. The van der Waals surface area contributed by atoms with Crippen LogP contribution in [0.25, 0.3) is 0 Å². The summed E-state index contributed by atoms with van der Waals surface area (Å²) in [5.41, 5.74) is -2.19. The van der Waals surface area contributed by atoms with Crippen molar-refractivity contribution in [2.45, 2.75) is 11.1 Å². The molecule has 178 valence electrons. The summed E-state index contributed by atoms with van der Waals surface area (Å²) < 4.78 is 60.6. The highest BCUT2D eigenvalue weighted by Crippen LogP contribution is 2.37. The summed E-state index contributed by atoms with van der Waals surface area (Å²) in [6, 6.07) is 11.4. The SMILES string of the molecule is CS(=O)(=NC(=O)c1cc(Oc2ccc(C(F)(F)F)cc2Cl)ccc1[N+](=O)[O-])c1ccccc1Cl. The Kier molecular flexibility index (Phi) is 7.20. The molecule has 34 heavy (non-hydrogen) atoms. The number of ether oxygens (including phenoxy) is 1. The summed E-state index contributed by atoms with van der Waals surface area (Å²) in [4.78, 5) is 23.4. The Morgan fingerprint density at radius 1 is 1.06 bits per heavy atom. The Morgan fingerprint density at radius 2 is 1.74 bits per heavy atom. The Labute approximate surface area is 201 Å². The second-order valence-electron chi connectivity index (χ2n) is 6.81. The number of carbonyl (C=O) groups is 1. The molecule has 0 aliphatic rings. The van der Waals surface area contributed by atoms with Crippen LogP contribution in [0.3, 0.4) is 0 Å².